The van der Waals surface area contributed by atoms with E-state index in [9.17, 15) is 4.79 Å². The topological polar surface area (TPSA) is 81.7 Å². The molecule has 29 heavy (non-hydrogen) atoms. The molecule has 1 aromatic heterocycles. The lowest BCUT2D eigenvalue weighted by atomic mass is 9.99. The predicted octanol–water partition coefficient (Wildman–Crippen LogP) is 3.16. The number of hydrogen-bond donors (Lipinski definition) is 3. The highest BCUT2D eigenvalue weighted by Gasteiger charge is 2.27. The number of carbonyl (C=O) groups is 1. The van der Waals surface area contributed by atoms with Crippen LogP contribution in [0, 0.1) is 6.92 Å². The number of guanidine groups is 1. The Morgan fingerprint density at radius 2 is 1.93 bits per heavy atom. The molecule has 0 spiro atoms. The maximum absolute atomic E-state index is 12.1. The van der Waals surface area contributed by atoms with Gasteiger partial charge in [-0.05, 0) is 65.8 Å². The quantitative estimate of drug-likeness (QED) is 0.281. The molecule has 1 amide bonds. The number of anilines is 1. The van der Waals surface area contributed by atoms with Crippen molar-refractivity contribution in [2.24, 2.45) is 4.99 Å². The van der Waals surface area contributed by atoms with Gasteiger partial charge in [-0.15, -0.1) is 24.0 Å². The highest BCUT2D eigenvalue weighted by Crippen LogP contribution is 2.20. The molecule has 3 N–H and O–H groups in total. The van der Waals surface area contributed by atoms with Gasteiger partial charge in [-0.1, -0.05) is 12.5 Å². The largest absolute Gasteiger partial charge is 0.357 e. The monoisotopic (exact) mass is 516 g/mol. The van der Waals surface area contributed by atoms with Crippen molar-refractivity contribution in [3.05, 3.63) is 23.9 Å². The number of aryl methyl sites for hydroxylation is 1. The Morgan fingerprint density at radius 1 is 1.21 bits per heavy atom. The van der Waals surface area contributed by atoms with E-state index in [0.29, 0.717) is 18.8 Å². The molecule has 1 fully saturated rings. The minimum atomic E-state index is -0.0601. The summed E-state index contributed by atoms with van der Waals surface area (Å²) >= 11 is 0. The van der Waals surface area contributed by atoms with Crippen LogP contribution in [0.5, 0.6) is 0 Å². The Labute approximate surface area is 192 Å². The summed E-state index contributed by atoms with van der Waals surface area (Å²) in [6, 6.07) is 5.59. The summed E-state index contributed by atoms with van der Waals surface area (Å²) in [5.74, 6) is 1.29. The Hall–Kier alpha value is -1.42. The third-order valence-corrected chi connectivity index (χ3v) is 4.98. The van der Waals surface area contributed by atoms with Gasteiger partial charge in [0.2, 0.25) is 5.91 Å². The molecule has 2 rings (SSSR count). The number of nitrogens with one attached hydrogen (secondary N) is 3. The normalized spacial score (nSPS) is 15.4. The molecule has 1 aliphatic heterocycles. The van der Waals surface area contributed by atoms with Crippen LogP contribution in [0.25, 0.3) is 0 Å². The van der Waals surface area contributed by atoms with Gasteiger partial charge in [0, 0.05) is 30.7 Å². The summed E-state index contributed by atoms with van der Waals surface area (Å²) in [4.78, 5) is 23.7. The molecular weight excluding hydrogens is 479 g/mol. The van der Waals surface area contributed by atoms with Gasteiger partial charge in [-0.3, -0.25) is 14.7 Å². The van der Waals surface area contributed by atoms with E-state index in [0.717, 1.165) is 37.8 Å². The molecule has 1 aromatic rings. The number of aliphatic imine (C=N–C) groups is 1. The molecule has 1 saturated heterocycles. The number of piperidine rings is 1. The van der Waals surface area contributed by atoms with Crippen molar-refractivity contribution in [2.75, 3.05) is 38.0 Å². The van der Waals surface area contributed by atoms with E-state index in [4.69, 9.17) is 4.99 Å². The van der Waals surface area contributed by atoms with Crippen molar-refractivity contribution >= 4 is 41.7 Å². The van der Waals surface area contributed by atoms with Crippen molar-refractivity contribution in [1.29, 1.82) is 0 Å². The zero-order chi connectivity index (χ0) is 20.4. The molecule has 0 radical (unpaired) electrons. The fourth-order valence-electron chi connectivity index (χ4n) is 3.33. The second-order valence-corrected chi connectivity index (χ2v) is 7.94. The number of hydrogen-bond acceptors (Lipinski definition) is 4. The van der Waals surface area contributed by atoms with Crippen LogP contribution in [-0.4, -0.2) is 60.0 Å². The second kappa shape index (κ2) is 13.0. The van der Waals surface area contributed by atoms with Gasteiger partial charge < -0.3 is 16.0 Å². The van der Waals surface area contributed by atoms with E-state index >= 15 is 0 Å². The summed E-state index contributed by atoms with van der Waals surface area (Å²) in [5, 5.41) is 9.36. The summed E-state index contributed by atoms with van der Waals surface area (Å²) < 4.78 is 0. The van der Waals surface area contributed by atoms with Crippen LogP contribution in [-0.2, 0) is 4.79 Å². The Kier molecular flexibility index (Phi) is 11.5. The molecule has 2 heterocycles. The lowest BCUT2D eigenvalue weighted by molar-refractivity contribution is -0.116. The highest BCUT2D eigenvalue weighted by atomic mass is 127. The minimum absolute atomic E-state index is 0. The van der Waals surface area contributed by atoms with Crippen LogP contribution >= 0.6 is 24.0 Å². The fourth-order valence-corrected chi connectivity index (χ4v) is 3.33. The van der Waals surface area contributed by atoms with Crippen LogP contribution in [0.4, 0.5) is 5.82 Å². The van der Waals surface area contributed by atoms with Gasteiger partial charge in [0.05, 0.1) is 6.54 Å². The minimum Gasteiger partial charge on any atom is -0.357 e. The van der Waals surface area contributed by atoms with E-state index in [-0.39, 0.29) is 35.4 Å². The van der Waals surface area contributed by atoms with Crippen LogP contribution in [0.1, 0.15) is 52.1 Å². The standard InChI is InChI=1S/C21H36N6O.HI/c1-5-22-20(24-16-21(3,4)27-14-7-6-8-15-27)23-13-12-19(28)26-18-11-9-10-17(2)25-18;/h9-11H,5-8,12-16H2,1-4H3,(H2,22,23,24)(H,25,26,28);1H. The predicted molar refractivity (Wildman–Crippen MR) is 131 cm³/mol. The molecule has 0 aromatic carbocycles. The maximum Gasteiger partial charge on any atom is 0.227 e. The van der Waals surface area contributed by atoms with Crippen molar-refractivity contribution in [1.82, 2.24) is 20.5 Å². The van der Waals surface area contributed by atoms with E-state index in [1.165, 1.54) is 19.3 Å². The molecule has 8 heteroatoms. The van der Waals surface area contributed by atoms with E-state index in [2.05, 4.69) is 39.7 Å². The van der Waals surface area contributed by atoms with Crippen molar-refractivity contribution in [3.8, 4) is 0 Å². The van der Waals surface area contributed by atoms with Crippen LogP contribution in [0.3, 0.4) is 0 Å². The van der Waals surface area contributed by atoms with Crippen molar-refractivity contribution < 1.29 is 4.79 Å². The number of carbonyl (C=O) groups excluding carboxylic acids is 1. The third kappa shape index (κ3) is 9.29. The van der Waals surface area contributed by atoms with E-state index < -0.39 is 0 Å². The zero-order valence-electron chi connectivity index (χ0n) is 18.3. The van der Waals surface area contributed by atoms with E-state index in [1.807, 2.05) is 26.0 Å². The van der Waals surface area contributed by atoms with Crippen LogP contribution in [0.2, 0.25) is 0 Å². The average molecular weight is 516 g/mol. The SMILES string of the molecule is CCNC(=NCC(C)(C)N1CCCCC1)NCCC(=O)Nc1cccc(C)n1.I. The number of rotatable bonds is 8. The third-order valence-electron chi connectivity index (χ3n) is 4.98. The Bertz CT molecular complexity index is 658. The highest BCUT2D eigenvalue weighted by molar-refractivity contribution is 14.0. The van der Waals surface area contributed by atoms with Gasteiger partial charge >= 0.3 is 0 Å². The molecule has 0 saturated carbocycles. The molecule has 0 atom stereocenters. The van der Waals surface area contributed by atoms with Crippen molar-refractivity contribution in [3.63, 3.8) is 0 Å². The number of halogens is 1. The summed E-state index contributed by atoms with van der Waals surface area (Å²) in [5.41, 5.74) is 0.922. The molecular formula is C21H37IN6O. The summed E-state index contributed by atoms with van der Waals surface area (Å²) in [7, 11) is 0. The van der Waals surface area contributed by atoms with E-state index in [1.54, 1.807) is 6.07 Å². The first-order chi connectivity index (χ1) is 13.4. The van der Waals surface area contributed by atoms with Gasteiger partial charge in [-0.2, -0.15) is 0 Å². The van der Waals surface area contributed by atoms with Crippen molar-refractivity contribution in [2.45, 2.75) is 58.9 Å². The lowest BCUT2D eigenvalue weighted by Gasteiger charge is -2.40. The maximum atomic E-state index is 12.1. The number of nitrogens with zero attached hydrogens (tertiary/aromatic N) is 3. The smallest absolute Gasteiger partial charge is 0.227 e. The second-order valence-electron chi connectivity index (χ2n) is 7.94. The first-order valence-electron chi connectivity index (χ1n) is 10.4. The molecule has 7 nitrogen and oxygen atoms in total. The average Bonchev–Trinajstić information content (AvgIpc) is 2.67. The fraction of sp³-hybridized carbons (Fsp3) is 0.667. The van der Waals surface area contributed by atoms with Gasteiger partial charge in [0.1, 0.15) is 5.82 Å². The Balaban J connectivity index is 0.00000420. The Morgan fingerprint density at radius 3 is 2.59 bits per heavy atom. The lowest BCUT2D eigenvalue weighted by Crippen LogP contribution is -2.49. The molecule has 0 bridgehead atoms. The molecule has 164 valence electrons. The summed E-state index contributed by atoms with van der Waals surface area (Å²) in [6.45, 7) is 12.8. The van der Waals surface area contributed by atoms with Gasteiger partial charge in [-0.25, -0.2) is 4.98 Å². The summed E-state index contributed by atoms with van der Waals surface area (Å²) in [6.07, 6.45) is 4.24. The number of likely N-dealkylation sites (tertiary alicyclic amines) is 1. The number of amides is 1. The number of aromatic nitrogens is 1. The molecule has 0 aliphatic carbocycles. The first-order valence-corrected chi connectivity index (χ1v) is 10.4. The number of pyridine rings is 1. The molecule has 1 aliphatic rings. The first kappa shape index (κ1) is 25.6. The van der Waals surface area contributed by atoms with Crippen LogP contribution < -0.4 is 16.0 Å². The van der Waals surface area contributed by atoms with Gasteiger partial charge in [0.15, 0.2) is 5.96 Å². The zero-order valence-corrected chi connectivity index (χ0v) is 20.6. The van der Waals surface area contributed by atoms with Crippen LogP contribution in [0.15, 0.2) is 23.2 Å². The van der Waals surface area contributed by atoms with Gasteiger partial charge in [0.25, 0.3) is 0 Å². The molecule has 0 unspecified atom stereocenters.